The predicted octanol–water partition coefficient (Wildman–Crippen LogP) is 2.06. The zero-order valence-electron chi connectivity index (χ0n) is 7.47. The van der Waals surface area contributed by atoms with Crippen molar-refractivity contribution in [3.05, 3.63) is 29.8 Å². The Hall–Kier alpha value is -1.22. The second kappa shape index (κ2) is 4.33. The average molecular weight is 215 g/mol. The largest absolute Gasteiger partial charge is 0.493 e. The quantitative estimate of drug-likeness (QED) is 0.779. The molecule has 1 aromatic rings. The van der Waals surface area contributed by atoms with Gasteiger partial charge in [0.25, 0.3) is 0 Å². The number of hydrogen-bond donors (Lipinski definition) is 1. The van der Waals surface area contributed by atoms with Crippen LogP contribution in [0.1, 0.15) is 17.9 Å². The second-order valence-electron chi connectivity index (χ2n) is 3.07. The summed E-state index contributed by atoms with van der Waals surface area (Å²) in [5, 5.41) is 8.93. The van der Waals surface area contributed by atoms with E-state index < -0.39 is 11.9 Å². The van der Waals surface area contributed by atoms with Crippen LogP contribution in [0.5, 0.6) is 5.75 Å². The van der Waals surface area contributed by atoms with E-state index in [0.29, 0.717) is 18.8 Å². The van der Waals surface area contributed by atoms with E-state index in [1.54, 1.807) is 0 Å². The third-order valence-electron chi connectivity index (χ3n) is 2.26. The lowest BCUT2D eigenvalue weighted by Crippen LogP contribution is -2.20. The molecule has 4 heteroatoms. The molecule has 1 atom stereocenters. The van der Waals surface area contributed by atoms with Gasteiger partial charge in [0, 0.05) is 5.56 Å². The molecule has 1 aliphatic rings. The van der Waals surface area contributed by atoms with Crippen molar-refractivity contribution in [2.45, 2.75) is 12.3 Å². The van der Waals surface area contributed by atoms with Crippen LogP contribution >= 0.6 is 12.4 Å². The fraction of sp³-hybridized carbons (Fsp3) is 0.300. The van der Waals surface area contributed by atoms with Gasteiger partial charge in [-0.15, -0.1) is 12.4 Å². The first-order valence-electron chi connectivity index (χ1n) is 4.23. The second-order valence-corrected chi connectivity index (χ2v) is 3.07. The van der Waals surface area contributed by atoms with Gasteiger partial charge in [0.2, 0.25) is 0 Å². The molecule has 0 aromatic heterocycles. The minimum Gasteiger partial charge on any atom is -0.493 e. The summed E-state index contributed by atoms with van der Waals surface area (Å²) >= 11 is 0. The van der Waals surface area contributed by atoms with E-state index in [1.807, 2.05) is 24.3 Å². The summed E-state index contributed by atoms with van der Waals surface area (Å²) in [4.78, 5) is 10.9. The predicted molar refractivity (Wildman–Crippen MR) is 54.2 cm³/mol. The maximum absolute atomic E-state index is 10.9. The summed E-state index contributed by atoms with van der Waals surface area (Å²) in [6.07, 6.45) is 0.562. The standard InChI is InChI=1S/C10H10O3.ClH/c11-10(12)8-5-6-13-9-4-2-1-3-7(8)9;/h1-4,8H,5-6H2,(H,11,12);1H. The number of benzene rings is 1. The van der Waals surface area contributed by atoms with Gasteiger partial charge < -0.3 is 9.84 Å². The zero-order chi connectivity index (χ0) is 9.26. The van der Waals surface area contributed by atoms with E-state index in [-0.39, 0.29) is 12.4 Å². The van der Waals surface area contributed by atoms with E-state index >= 15 is 0 Å². The molecule has 1 N–H and O–H groups in total. The van der Waals surface area contributed by atoms with Crippen LogP contribution in [0.3, 0.4) is 0 Å². The summed E-state index contributed by atoms with van der Waals surface area (Å²) in [5.74, 6) is -0.457. The minimum atomic E-state index is -0.768. The topological polar surface area (TPSA) is 46.5 Å². The van der Waals surface area contributed by atoms with Crippen molar-refractivity contribution in [3.8, 4) is 5.75 Å². The molecule has 0 saturated heterocycles. The van der Waals surface area contributed by atoms with Gasteiger partial charge in [-0.3, -0.25) is 4.79 Å². The van der Waals surface area contributed by atoms with Gasteiger partial charge in [-0.1, -0.05) is 18.2 Å². The number of rotatable bonds is 1. The highest BCUT2D eigenvalue weighted by Gasteiger charge is 2.26. The van der Waals surface area contributed by atoms with Gasteiger partial charge in [-0.05, 0) is 12.5 Å². The van der Waals surface area contributed by atoms with Crippen LogP contribution in [-0.4, -0.2) is 17.7 Å². The molecule has 0 radical (unpaired) electrons. The molecule has 0 aliphatic carbocycles. The molecule has 14 heavy (non-hydrogen) atoms. The summed E-state index contributed by atoms with van der Waals surface area (Å²) in [6, 6.07) is 7.31. The number of ether oxygens (including phenoxy) is 1. The van der Waals surface area contributed by atoms with Crippen molar-refractivity contribution >= 4 is 18.4 Å². The summed E-state index contributed by atoms with van der Waals surface area (Å²) in [7, 11) is 0. The lowest BCUT2D eigenvalue weighted by molar-refractivity contribution is -0.139. The number of carboxylic acid groups (broad SMARTS) is 1. The SMILES string of the molecule is Cl.O=C(O)C1CCOc2ccccc21. The number of aliphatic carboxylic acids is 1. The molecule has 0 bridgehead atoms. The van der Waals surface area contributed by atoms with Crippen LogP contribution in [0, 0.1) is 0 Å². The minimum absolute atomic E-state index is 0. The Balaban J connectivity index is 0.000000980. The van der Waals surface area contributed by atoms with E-state index in [0.717, 1.165) is 5.56 Å². The summed E-state index contributed by atoms with van der Waals surface area (Å²) < 4.78 is 5.34. The van der Waals surface area contributed by atoms with Crippen LogP contribution < -0.4 is 4.74 Å². The number of halogens is 1. The fourth-order valence-corrected chi connectivity index (χ4v) is 1.60. The van der Waals surface area contributed by atoms with Crippen LogP contribution in [0.4, 0.5) is 0 Å². The number of carbonyl (C=O) groups is 1. The lowest BCUT2D eigenvalue weighted by Gasteiger charge is -2.22. The maximum Gasteiger partial charge on any atom is 0.311 e. The first-order valence-corrected chi connectivity index (χ1v) is 4.23. The fourth-order valence-electron chi connectivity index (χ4n) is 1.60. The Kier molecular flexibility index (Phi) is 3.36. The van der Waals surface area contributed by atoms with Crippen molar-refractivity contribution in [3.63, 3.8) is 0 Å². The van der Waals surface area contributed by atoms with Gasteiger partial charge in [0.1, 0.15) is 5.75 Å². The molecule has 1 aliphatic heterocycles. The Labute approximate surface area is 88.1 Å². The Morgan fingerprint density at radius 3 is 2.86 bits per heavy atom. The van der Waals surface area contributed by atoms with Gasteiger partial charge >= 0.3 is 5.97 Å². The molecule has 1 aromatic carbocycles. The Bertz CT molecular complexity index is 338. The third kappa shape index (κ3) is 1.82. The highest BCUT2D eigenvalue weighted by molar-refractivity contribution is 5.85. The lowest BCUT2D eigenvalue weighted by atomic mass is 9.93. The third-order valence-corrected chi connectivity index (χ3v) is 2.26. The maximum atomic E-state index is 10.9. The van der Waals surface area contributed by atoms with Crippen molar-refractivity contribution < 1.29 is 14.6 Å². The highest BCUT2D eigenvalue weighted by Crippen LogP contribution is 2.33. The van der Waals surface area contributed by atoms with Crippen molar-refractivity contribution in [1.82, 2.24) is 0 Å². The molecule has 76 valence electrons. The molecule has 2 rings (SSSR count). The average Bonchev–Trinajstić information content (AvgIpc) is 2.17. The molecule has 1 heterocycles. The first kappa shape index (κ1) is 10.9. The molecular weight excluding hydrogens is 204 g/mol. The number of carboxylic acids is 1. The first-order chi connectivity index (χ1) is 6.29. The van der Waals surface area contributed by atoms with E-state index in [2.05, 4.69) is 0 Å². The number of hydrogen-bond acceptors (Lipinski definition) is 2. The monoisotopic (exact) mass is 214 g/mol. The van der Waals surface area contributed by atoms with Crippen LogP contribution in [0.2, 0.25) is 0 Å². The van der Waals surface area contributed by atoms with Crippen LogP contribution in [-0.2, 0) is 4.79 Å². The molecular formula is C10H11ClO3. The van der Waals surface area contributed by atoms with E-state index in [4.69, 9.17) is 9.84 Å². The van der Waals surface area contributed by atoms with E-state index in [9.17, 15) is 4.79 Å². The van der Waals surface area contributed by atoms with E-state index in [1.165, 1.54) is 0 Å². The van der Waals surface area contributed by atoms with Crippen molar-refractivity contribution in [1.29, 1.82) is 0 Å². The molecule has 3 nitrogen and oxygen atoms in total. The molecule has 0 amide bonds. The van der Waals surface area contributed by atoms with Gasteiger partial charge in [0.15, 0.2) is 0 Å². The molecule has 0 fully saturated rings. The van der Waals surface area contributed by atoms with Crippen molar-refractivity contribution in [2.75, 3.05) is 6.61 Å². The summed E-state index contributed by atoms with van der Waals surface area (Å²) in [6.45, 7) is 0.494. The number of para-hydroxylation sites is 1. The van der Waals surface area contributed by atoms with Gasteiger partial charge in [0.05, 0.1) is 12.5 Å². The van der Waals surface area contributed by atoms with Crippen LogP contribution in [0.15, 0.2) is 24.3 Å². The normalized spacial score (nSPS) is 18.7. The van der Waals surface area contributed by atoms with Crippen LogP contribution in [0.25, 0.3) is 0 Å². The Morgan fingerprint density at radius 1 is 1.43 bits per heavy atom. The molecule has 0 saturated carbocycles. The highest BCUT2D eigenvalue weighted by atomic mass is 35.5. The molecule has 1 unspecified atom stereocenters. The zero-order valence-corrected chi connectivity index (χ0v) is 8.29. The van der Waals surface area contributed by atoms with Crippen molar-refractivity contribution in [2.24, 2.45) is 0 Å². The Morgan fingerprint density at radius 2 is 2.14 bits per heavy atom. The molecule has 0 spiro atoms. The summed E-state index contributed by atoms with van der Waals surface area (Å²) in [5.41, 5.74) is 0.793. The van der Waals surface area contributed by atoms with Gasteiger partial charge in [-0.25, -0.2) is 0 Å². The smallest absolute Gasteiger partial charge is 0.311 e. The van der Waals surface area contributed by atoms with Gasteiger partial charge in [-0.2, -0.15) is 0 Å². The number of fused-ring (bicyclic) bond motifs is 1.